The molecule has 4 heteroatoms. The molecule has 0 amide bonds. The maximum atomic E-state index is 13.3. The largest absolute Gasteiger partial charge is 0.398 e. The van der Waals surface area contributed by atoms with Crippen molar-refractivity contribution >= 4 is 17.4 Å². The van der Waals surface area contributed by atoms with Crippen LogP contribution < -0.4 is 5.73 Å². The molecule has 1 aromatic carbocycles. The number of benzene rings is 1. The van der Waals surface area contributed by atoms with Crippen LogP contribution in [0.4, 0.5) is 14.5 Å². The van der Waals surface area contributed by atoms with Gasteiger partial charge in [0.25, 0.3) is 0 Å². The molecule has 0 heterocycles. The molecule has 0 aliphatic heterocycles. The highest BCUT2D eigenvalue weighted by Crippen LogP contribution is 2.37. The van der Waals surface area contributed by atoms with Crippen molar-refractivity contribution in [3.63, 3.8) is 0 Å². The van der Waals surface area contributed by atoms with Crippen molar-refractivity contribution in [1.82, 2.24) is 0 Å². The third kappa shape index (κ3) is 2.61. The van der Waals surface area contributed by atoms with E-state index in [0.717, 1.165) is 6.07 Å². The molecule has 1 rings (SSSR count). The van der Waals surface area contributed by atoms with E-state index in [4.69, 9.17) is 5.73 Å². The maximum absolute atomic E-state index is 13.3. The highest BCUT2D eigenvalue weighted by Gasteiger charge is 2.19. The van der Waals surface area contributed by atoms with E-state index in [9.17, 15) is 8.78 Å². The van der Waals surface area contributed by atoms with Gasteiger partial charge in [-0.05, 0) is 12.1 Å². The van der Waals surface area contributed by atoms with Crippen LogP contribution in [0.1, 0.15) is 20.8 Å². The average Bonchev–Trinajstić information content (AvgIpc) is 2.04. The van der Waals surface area contributed by atoms with E-state index in [2.05, 4.69) is 0 Å². The molecule has 0 bridgehead atoms. The van der Waals surface area contributed by atoms with Crippen LogP contribution in [0.25, 0.3) is 0 Å². The van der Waals surface area contributed by atoms with E-state index in [1.807, 2.05) is 20.8 Å². The van der Waals surface area contributed by atoms with Crippen LogP contribution in [0.3, 0.4) is 0 Å². The average molecular weight is 217 g/mol. The van der Waals surface area contributed by atoms with Crippen molar-refractivity contribution in [3.05, 3.63) is 23.8 Å². The minimum atomic E-state index is -0.857. The maximum Gasteiger partial charge on any atom is 0.174 e. The Labute approximate surface area is 86.7 Å². The lowest BCUT2D eigenvalue weighted by atomic mass is 10.3. The van der Waals surface area contributed by atoms with Gasteiger partial charge < -0.3 is 5.73 Å². The Morgan fingerprint density at radius 3 is 2.29 bits per heavy atom. The summed E-state index contributed by atoms with van der Waals surface area (Å²) in [6.07, 6.45) is 0. The number of nitrogen functional groups attached to an aromatic ring is 1. The topological polar surface area (TPSA) is 26.0 Å². The quantitative estimate of drug-likeness (QED) is 0.576. The zero-order valence-electron chi connectivity index (χ0n) is 8.40. The lowest BCUT2D eigenvalue weighted by Crippen LogP contribution is -2.09. The molecule has 78 valence electrons. The van der Waals surface area contributed by atoms with Gasteiger partial charge in [-0.15, -0.1) is 11.8 Å². The fraction of sp³-hybridized carbons (Fsp3) is 0.400. The van der Waals surface area contributed by atoms with Crippen molar-refractivity contribution in [1.29, 1.82) is 0 Å². The smallest absolute Gasteiger partial charge is 0.174 e. The first-order valence-electron chi connectivity index (χ1n) is 4.24. The summed E-state index contributed by atoms with van der Waals surface area (Å²) < 4.78 is 26.0. The first kappa shape index (κ1) is 11.3. The van der Waals surface area contributed by atoms with Gasteiger partial charge in [0.2, 0.25) is 0 Å². The number of hydrogen-bond donors (Lipinski definition) is 1. The second-order valence-corrected chi connectivity index (χ2v) is 5.83. The van der Waals surface area contributed by atoms with Crippen LogP contribution in [-0.4, -0.2) is 4.75 Å². The summed E-state index contributed by atoms with van der Waals surface area (Å²) in [5.41, 5.74) is 5.85. The van der Waals surface area contributed by atoms with Crippen molar-refractivity contribution in [2.75, 3.05) is 5.73 Å². The van der Waals surface area contributed by atoms with Crippen molar-refractivity contribution in [2.45, 2.75) is 30.4 Å². The monoisotopic (exact) mass is 217 g/mol. The zero-order chi connectivity index (χ0) is 10.9. The second kappa shape index (κ2) is 3.77. The van der Waals surface area contributed by atoms with Crippen LogP contribution in [0, 0.1) is 11.6 Å². The standard InChI is InChI=1S/C10H13F2NS/c1-10(2,3)14-9-7(13)5-4-6(11)8(9)12/h4-5H,13H2,1-3H3. The molecule has 0 atom stereocenters. The Bertz CT molecular complexity index is 345. The Kier molecular flexibility index (Phi) is 3.04. The van der Waals surface area contributed by atoms with Gasteiger partial charge in [0.05, 0.1) is 4.90 Å². The van der Waals surface area contributed by atoms with Gasteiger partial charge in [0.15, 0.2) is 11.6 Å². The predicted molar refractivity (Wildman–Crippen MR) is 56.4 cm³/mol. The van der Waals surface area contributed by atoms with Crippen LogP contribution in [0.5, 0.6) is 0 Å². The van der Waals surface area contributed by atoms with E-state index in [1.54, 1.807) is 0 Å². The third-order valence-electron chi connectivity index (χ3n) is 1.49. The Balaban J connectivity index is 3.13. The number of halogens is 2. The highest BCUT2D eigenvalue weighted by atomic mass is 32.2. The van der Waals surface area contributed by atoms with Gasteiger partial charge in [-0.1, -0.05) is 20.8 Å². The number of thioether (sulfide) groups is 1. The number of anilines is 1. The molecule has 0 unspecified atom stereocenters. The summed E-state index contributed by atoms with van der Waals surface area (Å²) in [4.78, 5) is 0.192. The molecule has 0 aliphatic carbocycles. The fourth-order valence-electron chi connectivity index (χ4n) is 0.957. The minimum absolute atomic E-state index is 0.192. The zero-order valence-corrected chi connectivity index (χ0v) is 9.21. The Morgan fingerprint density at radius 2 is 1.79 bits per heavy atom. The summed E-state index contributed by atoms with van der Waals surface area (Å²) >= 11 is 1.23. The third-order valence-corrected chi connectivity index (χ3v) is 2.72. The number of rotatable bonds is 1. The Morgan fingerprint density at radius 1 is 1.21 bits per heavy atom. The van der Waals surface area contributed by atoms with Gasteiger partial charge in [0.1, 0.15) is 0 Å². The molecule has 0 saturated heterocycles. The van der Waals surface area contributed by atoms with E-state index in [1.165, 1.54) is 17.8 Å². The van der Waals surface area contributed by atoms with Crippen LogP contribution >= 0.6 is 11.8 Å². The van der Waals surface area contributed by atoms with Gasteiger partial charge >= 0.3 is 0 Å². The van der Waals surface area contributed by atoms with E-state index < -0.39 is 11.6 Å². The number of hydrogen-bond acceptors (Lipinski definition) is 2. The van der Waals surface area contributed by atoms with Gasteiger partial charge in [-0.3, -0.25) is 0 Å². The lowest BCUT2D eigenvalue weighted by Gasteiger charge is -2.19. The van der Waals surface area contributed by atoms with E-state index >= 15 is 0 Å². The summed E-state index contributed by atoms with van der Waals surface area (Å²) in [6, 6.07) is 2.42. The molecule has 0 fully saturated rings. The van der Waals surface area contributed by atoms with Crippen LogP contribution in [-0.2, 0) is 0 Å². The van der Waals surface area contributed by atoms with Crippen LogP contribution in [0.2, 0.25) is 0 Å². The summed E-state index contributed by atoms with van der Waals surface area (Å²) in [5, 5.41) is 0. The molecule has 0 aromatic heterocycles. The minimum Gasteiger partial charge on any atom is -0.398 e. The summed E-state index contributed by atoms with van der Waals surface area (Å²) in [6.45, 7) is 5.75. The molecular weight excluding hydrogens is 204 g/mol. The fourth-order valence-corrected chi connectivity index (χ4v) is 1.94. The SMILES string of the molecule is CC(C)(C)Sc1c(N)ccc(F)c1F. The molecular formula is C10H13F2NS. The normalized spacial score (nSPS) is 11.8. The van der Waals surface area contributed by atoms with Gasteiger partial charge in [-0.2, -0.15) is 0 Å². The molecule has 0 aliphatic rings. The molecule has 0 spiro atoms. The lowest BCUT2D eigenvalue weighted by molar-refractivity contribution is 0.492. The summed E-state index contributed by atoms with van der Waals surface area (Å²) in [5.74, 6) is -1.71. The summed E-state index contributed by atoms with van der Waals surface area (Å²) in [7, 11) is 0. The Hall–Kier alpha value is -0.770. The first-order valence-corrected chi connectivity index (χ1v) is 5.05. The van der Waals surface area contributed by atoms with Crippen molar-refractivity contribution < 1.29 is 8.78 Å². The predicted octanol–water partition coefficient (Wildman–Crippen LogP) is 3.44. The van der Waals surface area contributed by atoms with Crippen molar-refractivity contribution in [3.8, 4) is 0 Å². The van der Waals surface area contributed by atoms with Gasteiger partial charge in [0, 0.05) is 10.4 Å². The molecule has 14 heavy (non-hydrogen) atoms. The van der Waals surface area contributed by atoms with Crippen molar-refractivity contribution in [2.24, 2.45) is 0 Å². The highest BCUT2D eigenvalue weighted by molar-refractivity contribution is 8.00. The molecule has 0 radical (unpaired) electrons. The van der Waals surface area contributed by atoms with E-state index in [-0.39, 0.29) is 15.3 Å². The van der Waals surface area contributed by atoms with Crippen LogP contribution in [0.15, 0.2) is 17.0 Å². The molecule has 1 aromatic rings. The molecule has 0 saturated carbocycles. The molecule has 1 nitrogen and oxygen atoms in total. The second-order valence-electron chi connectivity index (χ2n) is 3.99. The van der Waals surface area contributed by atoms with Gasteiger partial charge in [-0.25, -0.2) is 8.78 Å². The molecule has 2 N–H and O–H groups in total. The number of nitrogens with two attached hydrogens (primary N) is 1. The van der Waals surface area contributed by atoms with E-state index in [0.29, 0.717) is 0 Å². The first-order chi connectivity index (χ1) is 6.31.